The number of aromatic nitrogens is 2. The highest BCUT2D eigenvalue weighted by Crippen LogP contribution is 2.27. The van der Waals surface area contributed by atoms with E-state index in [0.717, 1.165) is 6.20 Å². The molecule has 2 aromatic carbocycles. The summed E-state index contributed by atoms with van der Waals surface area (Å²) in [4.78, 5) is 19.5. The highest BCUT2D eigenvalue weighted by molar-refractivity contribution is 7.91. The van der Waals surface area contributed by atoms with Crippen LogP contribution in [0.2, 0.25) is 0 Å². The number of sulfone groups is 1. The average molecular weight is 358 g/mol. The maximum atomic E-state index is 12.9. The molecule has 0 amide bonds. The van der Waals surface area contributed by atoms with E-state index in [0.29, 0.717) is 0 Å². The predicted molar refractivity (Wildman–Crippen MR) is 89.1 cm³/mol. The molecule has 1 heterocycles. The van der Waals surface area contributed by atoms with Gasteiger partial charge in [-0.1, -0.05) is 6.07 Å². The molecule has 0 saturated heterocycles. The van der Waals surface area contributed by atoms with Crippen LogP contribution in [0.4, 0.5) is 0 Å². The number of aromatic hydroxyl groups is 1. The molecule has 0 spiro atoms. The minimum Gasteiger partial charge on any atom is -0.492 e. The summed E-state index contributed by atoms with van der Waals surface area (Å²) >= 11 is 0. The fraction of sp³-hybridized carbons (Fsp3) is 0.118. The molecular weight excluding hydrogens is 344 g/mol. The number of fused-ring (bicyclic) bond motifs is 1. The molecule has 0 bridgehead atoms. The van der Waals surface area contributed by atoms with Gasteiger partial charge < -0.3 is 9.84 Å². The topological polar surface area (TPSA) is 106 Å². The minimum absolute atomic E-state index is 0.0166. The third kappa shape index (κ3) is 3.16. The van der Waals surface area contributed by atoms with Crippen molar-refractivity contribution in [3.63, 3.8) is 0 Å². The Morgan fingerprint density at radius 1 is 1.16 bits per heavy atom. The molecule has 8 heteroatoms. The van der Waals surface area contributed by atoms with E-state index in [-0.39, 0.29) is 38.9 Å². The molecular formula is C17H14N2O5S. The van der Waals surface area contributed by atoms with Gasteiger partial charge in [0.15, 0.2) is 0 Å². The van der Waals surface area contributed by atoms with Gasteiger partial charge in [-0.2, -0.15) is 0 Å². The first kappa shape index (κ1) is 16.8. The number of hydrogen-bond donors (Lipinski definition) is 1. The van der Waals surface area contributed by atoms with E-state index >= 15 is 0 Å². The number of carbonyl (C=O) groups is 1. The summed E-state index contributed by atoms with van der Waals surface area (Å²) in [6, 6.07) is 9.98. The molecule has 128 valence electrons. The Bertz CT molecular complexity index is 1050. The summed E-state index contributed by atoms with van der Waals surface area (Å²) in [5.41, 5.74) is 0.697. The third-order valence-corrected chi connectivity index (χ3v) is 5.29. The van der Waals surface area contributed by atoms with Gasteiger partial charge in [-0.05, 0) is 43.3 Å². The van der Waals surface area contributed by atoms with Crippen molar-refractivity contribution in [2.24, 2.45) is 0 Å². The SMILES string of the molecule is CCOC(=O)c1ccc(S(=O)(=O)c2cccc3nc(O)cnc23)cc1. The lowest BCUT2D eigenvalue weighted by Crippen LogP contribution is -2.07. The lowest BCUT2D eigenvalue weighted by Gasteiger charge is -2.08. The molecule has 0 atom stereocenters. The number of carbonyl (C=O) groups excluding carboxylic acids is 1. The van der Waals surface area contributed by atoms with Crippen LogP contribution in [0, 0.1) is 0 Å². The Hall–Kier alpha value is -3.00. The van der Waals surface area contributed by atoms with Crippen molar-refractivity contribution >= 4 is 26.8 Å². The maximum absolute atomic E-state index is 12.9. The van der Waals surface area contributed by atoms with Crippen LogP contribution in [-0.2, 0) is 14.6 Å². The molecule has 0 aliphatic rings. The fourth-order valence-corrected chi connectivity index (χ4v) is 3.75. The third-order valence-electron chi connectivity index (χ3n) is 3.49. The zero-order chi connectivity index (χ0) is 18.0. The average Bonchev–Trinajstić information content (AvgIpc) is 2.61. The standard InChI is InChI=1S/C17H14N2O5S/c1-2-24-17(21)11-6-8-12(9-7-11)25(22,23)14-5-3-4-13-16(14)18-10-15(20)19-13/h3-10H,2H2,1H3,(H,19,20). The van der Waals surface area contributed by atoms with Crippen molar-refractivity contribution in [3.05, 3.63) is 54.2 Å². The van der Waals surface area contributed by atoms with E-state index in [9.17, 15) is 18.3 Å². The number of nitrogens with zero attached hydrogens (tertiary/aromatic N) is 2. The van der Waals surface area contributed by atoms with E-state index in [1.54, 1.807) is 13.0 Å². The number of hydrogen-bond acceptors (Lipinski definition) is 7. The highest BCUT2D eigenvalue weighted by atomic mass is 32.2. The van der Waals surface area contributed by atoms with Gasteiger partial charge >= 0.3 is 5.97 Å². The van der Waals surface area contributed by atoms with Crippen LogP contribution in [0.25, 0.3) is 11.0 Å². The Labute approximate surface area is 143 Å². The largest absolute Gasteiger partial charge is 0.492 e. The number of rotatable bonds is 4. The second-order valence-electron chi connectivity index (χ2n) is 5.10. The van der Waals surface area contributed by atoms with Crippen LogP contribution < -0.4 is 0 Å². The second kappa shape index (κ2) is 6.48. The van der Waals surface area contributed by atoms with Gasteiger partial charge in [0.25, 0.3) is 0 Å². The smallest absolute Gasteiger partial charge is 0.338 e. The van der Waals surface area contributed by atoms with E-state index in [2.05, 4.69) is 9.97 Å². The molecule has 1 N–H and O–H groups in total. The summed E-state index contributed by atoms with van der Waals surface area (Å²) in [7, 11) is -3.87. The molecule has 0 fully saturated rings. The molecule has 3 aromatic rings. The van der Waals surface area contributed by atoms with Crippen LogP contribution in [0.15, 0.2) is 58.5 Å². The van der Waals surface area contributed by atoms with Gasteiger partial charge in [0.1, 0.15) is 5.52 Å². The van der Waals surface area contributed by atoms with Crippen molar-refractivity contribution in [2.75, 3.05) is 6.61 Å². The summed E-state index contributed by atoms with van der Waals surface area (Å²) < 4.78 is 30.7. The normalized spacial score (nSPS) is 11.4. The molecule has 25 heavy (non-hydrogen) atoms. The first-order valence-electron chi connectivity index (χ1n) is 7.40. The van der Waals surface area contributed by atoms with Crippen molar-refractivity contribution in [2.45, 2.75) is 16.7 Å². The van der Waals surface area contributed by atoms with Crippen molar-refractivity contribution in [1.29, 1.82) is 0 Å². The van der Waals surface area contributed by atoms with Crippen LogP contribution in [0.3, 0.4) is 0 Å². The Morgan fingerprint density at radius 3 is 2.56 bits per heavy atom. The zero-order valence-electron chi connectivity index (χ0n) is 13.2. The number of ether oxygens (including phenoxy) is 1. The maximum Gasteiger partial charge on any atom is 0.338 e. The van der Waals surface area contributed by atoms with Gasteiger partial charge in [0.2, 0.25) is 15.7 Å². The minimum atomic E-state index is -3.87. The summed E-state index contributed by atoms with van der Waals surface area (Å²) in [6.45, 7) is 1.93. The van der Waals surface area contributed by atoms with Crippen LogP contribution in [0.1, 0.15) is 17.3 Å². The van der Waals surface area contributed by atoms with Crippen LogP contribution >= 0.6 is 0 Å². The Balaban J connectivity index is 2.07. The molecule has 7 nitrogen and oxygen atoms in total. The number of para-hydroxylation sites is 1. The quantitative estimate of drug-likeness (QED) is 0.713. The second-order valence-corrected chi connectivity index (χ2v) is 7.02. The molecule has 0 radical (unpaired) electrons. The number of esters is 1. The van der Waals surface area contributed by atoms with E-state index in [4.69, 9.17) is 4.74 Å². The molecule has 3 rings (SSSR count). The predicted octanol–water partition coefficient (Wildman–Crippen LogP) is 2.34. The van der Waals surface area contributed by atoms with E-state index in [1.165, 1.54) is 36.4 Å². The Kier molecular flexibility index (Phi) is 4.37. The molecule has 0 unspecified atom stereocenters. The van der Waals surface area contributed by atoms with Gasteiger partial charge in [-0.25, -0.2) is 23.2 Å². The van der Waals surface area contributed by atoms with Crippen LogP contribution in [0.5, 0.6) is 5.88 Å². The zero-order valence-corrected chi connectivity index (χ0v) is 14.0. The molecule has 0 aliphatic carbocycles. The monoisotopic (exact) mass is 358 g/mol. The fourth-order valence-electron chi connectivity index (χ4n) is 2.33. The van der Waals surface area contributed by atoms with Crippen molar-refractivity contribution in [1.82, 2.24) is 9.97 Å². The van der Waals surface area contributed by atoms with Gasteiger partial charge in [-0.3, -0.25) is 0 Å². The molecule has 0 aliphatic heterocycles. The first-order chi connectivity index (χ1) is 11.9. The van der Waals surface area contributed by atoms with Crippen molar-refractivity contribution in [3.8, 4) is 5.88 Å². The summed E-state index contributed by atoms with van der Waals surface area (Å²) in [6.07, 6.45) is 1.09. The first-order valence-corrected chi connectivity index (χ1v) is 8.89. The molecule has 0 saturated carbocycles. The lowest BCUT2D eigenvalue weighted by atomic mass is 10.2. The lowest BCUT2D eigenvalue weighted by molar-refractivity contribution is 0.0526. The number of benzene rings is 2. The van der Waals surface area contributed by atoms with Gasteiger partial charge in [0.05, 0.1) is 33.7 Å². The summed E-state index contributed by atoms with van der Waals surface area (Å²) in [5, 5.41) is 9.40. The molecule has 1 aromatic heterocycles. The van der Waals surface area contributed by atoms with Gasteiger partial charge in [0, 0.05) is 0 Å². The highest BCUT2D eigenvalue weighted by Gasteiger charge is 2.22. The van der Waals surface area contributed by atoms with Crippen LogP contribution in [-0.4, -0.2) is 36.1 Å². The van der Waals surface area contributed by atoms with Crippen molar-refractivity contribution < 1.29 is 23.1 Å². The summed E-state index contributed by atoms with van der Waals surface area (Å²) in [5.74, 6) is -0.807. The Morgan fingerprint density at radius 2 is 1.88 bits per heavy atom. The van der Waals surface area contributed by atoms with Gasteiger partial charge in [-0.15, -0.1) is 0 Å². The van der Waals surface area contributed by atoms with E-state index in [1.807, 2.05) is 0 Å². The van der Waals surface area contributed by atoms with E-state index < -0.39 is 15.8 Å².